The van der Waals surface area contributed by atoms with Gasteiger partial charge < -0.3 is 14.6 Å². The van der Waals surface area contributed by atoms with Gasteiger partial charge in [-0.2, -0.15) is 0 Å². The van der Waals surface area contributed by atoms with E-state index < -0.39 is 17.1 Å². The van der Waals surface area contributed by atoms with Crippen LogP contribution in [0.3, 0.4) is 0 Å². The van der Waals surface area contributed by atoms with Crippen LogP contribution in [0.5, 0.6) is 11.5 Å². The number of piperidine rings is 1. The number of Topliss-reactive ketones (excluding diaryl/α,β-unsaturated/α-hetero) is 1. The maximum Gasteiger partial charge on any atom is 0.200 e. The van der Waals surface area contributed by atoms with Gasteiger partial charge in [0.2, 0.25) is 0 Å². The van der Waals surface area contributed by atoms with Crippen LogP contribution in [-0.4, -0.2) is 53.7 Å². The third-order valence-corrected chi connectivity index (χ3v) is 8.16. The molecule has 6 rings (SSSR count). The highest BCUT2D eigenvalue weighted by Gasteiger charge is 2.74. The van der Waals surface area contributed by atoms with Gasteiger partial charge in [0, 0.05) is 36.7 Å². The Morgan fingerprint density at radius 3 is 2.82 bits per heavy atom. The van der Waals surface area contributed by atoms with Crippen molar-refractivity contribution in [1.82, 2.24) is 4.90 Å². The molecular formula is C28H29NO4. The third-order valence-electron chi connectivity index (χ3n) is 8.16. The van der Waals surface area contributed by atoms with Crippen LogP contribution < -0.4 is 9.47 Å². The lowest BCUT2D eigenvalue weighted by atomic mass is 9.48. The largest absolute Gasteiger partial charge is 0.493 e. The minimum Gasteiger partial charge on any atom is -0.493 e. The number of aliphatic hydroxyl groups is 1. The van der Waals surface area contributed by atoms with Gasteiger partial charge in [0.05, 0.1) is 18.1 Å². The first-order chi connectivity index (χ1) is 15.9. The number of carbonyl (C=O) groups is 1. The van der Waals surface area contributed by atoms with Crippen molar-refractivity contribution >= 4 is 11.9 Å². The zero-order valence-corrected chi connectivity index (χ0v) is 19.1. The van der Waals surface area contributed by atoms with E-state index in [0.717, 1.165) is 35.4 Å². The molecule has 2 aliphatic heterocycles. The van der Waals surface area contributed by atoms with Crippen LogP contribution in [0, 0.1) is 0 Å². The molecule has 2 bridgehead atoms. The summed E-state index contributed by atoms with van der Waals surface area (Å²) in [5.74, 6) is 1.24. The number of hydrogen-bond acceptors (Lipinski definition) is 5. The summed E-state index contributed by atoms with van der Waals surface area (Å²) in [5, 5.41) is 12.6. The van der Waals surface area contributed by atoms with E-state index in [-0.39, 0.29) is 11.8 Å². The van der Waals surface area contributed by atoms with Crippen LogP contribution in [0.15, 0.2) is 60.2 Å². The number of ether oxygens (including phenoxy) is 2. The number of ketones is 1. The van der Waals surface area contributed by atoms with Crippen molar-refractivity contribution in [3.05, 3.63) is 76.9 Å². The van der Waals surface area contributed by atoms with Crippen LogP contribution in [-0.2, 0) is 16.6 Å². The van der Waals surface area contributed by atoms with Crippen molar-refractivity contribution in [1.29, 1.82) is 0 Å². The van der Waals surface area contributed by atoms with Gasteiger partial charge in [-0.25, -0.2) is 0 Å². The highest BCUT2D eigenvalue weighted by Crippen LogP contribution is 2.65. The van der Waals surface area contributed by atoms with E-state index in [1.165, 1.54) is 0 Å². The summed E-state index contributed by atoms with van der Waals surface area (Å²) in [7, 11) is 1.62. The predicted octanol–water partition coefficient (Wildman–Crippen LogP) is 3.69. The lowest BCUT2D eigenvalue weighted by Crippen LogP contribution is -2.77. The maximum absolute atomic E-state index is 13.9. The molecule has 170 valence electrons. The van der Waals surface area contributed by atoms with Gasteiger partial charge in [-0.05, 0) is 43.0 Å². The van der Waals surface area contributed by atoms with Crippen molar-refractivity contribution < 1.29 is 19.4 Å². The summed E-state index contributed by atoms with van der Waals surface area (Å²) in [6.45, 7) is 7.68. The van der Waals surface area contributed by atoms with E-state index in [2.05, 4.69) is 17.5 Å². The quantitative estimate of drug-likeness (QED) is 0.577. The molecule has 1 N–H and O–H groups in total. The van der Waals surface area contributed by atoms with Gasteiger partial charge in [-0.15, -0.1) is 0 Å². The molecule has 4 aliphatic rings. The van der Waals surface area contributed by atoms with Crippen LogP contribution in [0.2, 0.25) is 0 Å². The smallest absolute Gasteiger partial charge is 0.200 e. The highest BCUT2D eigenvalue weighted by molar-refractivity contribution is 6.06. The monoisotopic (exact) mass is 443 g/mol. The molecule has 0 aromatic heterocycles. The van der Waals surface area contributed by atoms with E-state index in [0.29, 0.717) is 36.3 Å². The minimum atomic E-state index is -1.12. The second-order valence-corrected chi connectivity index (χ2v) is 10.0. The van der Waals surface area contributed by atoms with Crippen LogP contribution >= 0.6 is 0 Å². The average molecular weight is 444 g/mol. The van der Waals surface area contributed by atoms with Crippen molar-refractivity contribution in [3.8, 4) is 11.5 Å². The van der Waals surface area contributed by atoms with E-state index in [1.54, 1.807) is 7.11 Å². The summed E-state index contributed by atoms with van der Waals surface area (Å²) < 4.78 is 12.1. The Labute approximate surface area is 194 Å². The standard InChI is InChI=1S/C28H29NO4/c1-17(2)16-29-12-11-27-23-19-9-10-21(32-3)25(23)33-26(27)24(30)20(13-18-7-5-4-6-8-18)15-28(27,31)22(29)14-19/h4-10,13,22,26,31H,1,11-12,14-16H2,2-3H3/b20-13-/t22?,26-,27?,28+/m0/s1. The Morgan fingerprint density at radius 1 is 1.30 bits per heavy atom. The van der Waals surface area contributed by atoms with Crippen molar-refractivity contribution in [2.45, 2.75) is 49.3 Å². The van der Waals surface area contributed by atoms with Crippen molar-refractivity contribution in [2.24, 2.45) is 0 Å². The van der Waals surface area contributed by atoms with Crippen molar-refractivity contribution in [2.75, 3.05) is 20.2 Å². The molecule has 1 spiro atoms. The predicted molar refractivity (Wildman–Crippen MR) is 127 cm³/mol. The Hall–Kier alpha value is -2.89. The topological polar surface area (TPSA) is 59.0 Å². The van der Waals surface area contributed by atoms with Crippen LogP contribution in [0.4, 0.5) is 0 Å². The molecule has 1 saturated heterocycles. The van der Waals surface area contributed by atoms with E-state index >= 15 is 0 Å². The van der Waals surface area contributed by atoms with E-state index in [1.807, 2.05) is 49.4 Å². The summed E-state index contributed by atoms with van der Waals surface area (Å²) in [4.78, 5) is 16.2. The fourth-order valence-electron chi connectivity index (χ4n) is 6.90. The molecule has 0 amide bonds. The number of carbonyl (C=O) groups excluding carboxylic acids is 1. The molecule has 2 aromatic rings. The number of benzene rings is 2. The zero-order chi connectivity index (χ0) is 23.0. The molecule has 1 saturated carbocycles. The lowest BCUT2D eigenvalue weighted by molar-refractivity contribution is -0.178. The second kappa shape index (κ2) is 7.05. The number of likely N-dealkylation sites (tertiary alicyclic amines) is 1. The Kier molecular flexibility index (Phi) is 4.42. The molecule has 2 heterocycles. The molecule has 2 aliphatic carbocycles. The van der Waals surface area contributed by atoms with Crippen LogP contribution in [0.1, 0.15) is 36.5 Å². The molecule has 2 unspecified atom stereocenters. The summed E-state index contributed by atoms with van der Waals surface area (Å²) in [6.07, 6.45) is 2.86. The van der Waals surface area contributed by atoms with Gasteiger partial charge in [0.25, 0.3) is 0 Å². The first-order valence-electron chi connectivity index (χ1n) is 11.7. The average Bonchev–Trinajstić information content (AvgIpc) is 3.14. The fourth-order valence-corrected chi connectivity index (χ4v) is 6.90. The SMILES string of the molecule is C=C(C)CN1CCC23c4c5ccc(OC)c4O[C@H]2C(=O)/C(=C\c2ccccc2)C[C@@]3(O)C1C5. The Balaban J connectivity index is 1.57. The fraction of sp³-hybridized carbons (Fsp3) is 0.393. The summed E-state index contributed by atoms with van der Waals surface area (Å²) in [5.41, 5.74) is 2.92. The van der Waals surface area contributed by atoms with Gasteiger partial charge in [-0.3, -0.25) is 9.69 Å². The summed E-state index contributed by atoms with van der Waals surface area (Å²) in [6, 6.07) is 13.7. The van der Waals surface area contributed by atoms with Gasteiger partial charge in [0.15, 0.2) is 23.4 Å². The molecule has 2 aromatic carbocycles. The number of nitrogens with zero attached hydrogens (tertiary/aromatic N) is 1. The normalized spacial score (nSPS) is 32.9. The van der Waals surface area contributed by atoms with E-state index in [9.17, 15) is 9.90 Å². The molecule has 4 atom stereocenters. The van der Waals surface area contributed by atoms with Gasteiger partial charge in [-0.1, -0.05) is 48.6 Å². The van der Waals surface area contributed by atoms with E-state index in [4.69, 9.17) is 9.47 Å². The maximum atomic E-state index is 13.9. The first kappa shape index (κ1) is 20.7. The number of rotatable bonds is 4. The highest BCUT2D eigenvalue weighted by atomic mass is 16.5. The van der Waals surface area contributed by atoms with Crippen molar-refractivity contribution in [3.63, 3.8) is 0 Å². The molecular weight excluding hydrogens is 414 g/mol. The van der Waals surface area contributed by atoms with Gasteiger partial charge in [0.1, 0.15) is 0 Å². The number of hydrogen-bond donors (Lipinski definition) is 1. The first-order valence-corrected chi connectivity index (χ1v) is 11.7. The minimum absolute atomic E-state index is 0.0262. The molecule has 5 nitrogen and oxygen atoms in total. The number of methoxy groups -OCH3 is 1. The van der Waals surface area contributed by atoms with Crippen LogP contribution in [0.25, 0.3) is 6.08 Å². The lowest BCUT2D eigenvalue weighted by Gasteiger charge is -2.62. The van der Waals surface area contributed by atoms with Gasteiger partial charge >= 0.3 is 0 Å². The summed E-state index contributed by atoms with van der Waals surface area (Å²) >= 11 is 0. The molecule has 33 heavy (non-hydrogen) atoms. The molecule has 2 fully saturated rings. The third kappa shape index (κ3) is 2.63. The zero-order valence-electron chi connectivity index (χ0n) is 19.1. The Morgan fingerprint density at radius 2 is 2.09 bits per heavy atom. The molecule has 0 radical (unpaired) electrons. The Bertz CT molecular complexity index is 1200. The molecule has 5 heteroatoms. The second-order valence-electron chi connectivity index (χ2n) is 10.0.